The smallest absolute Gasteiger partial charge is 0.338 e. The van der Waals surface area contributed by atoms with Gasteiger partial charge in [0.05, 0.1) is 22.6 Å². The van der Waals surface area contributed by atoms with E-state index in [9.17, 15) is 13.2 Å². The first-order valence-corrected chi connectivity index (χ1v) is 11.0. The van der Waals surface area contributed by atoms with Gasteiger partial charge in [-0.3, -0.25) is 0 Å². The molecule has 4 rings (SSSR count). The van der Waals surface area contributed by atoms with Crippen molar-refractivity contribution in [2.24, 2.45) is 0 Å². The zero-order valence-electron chi connectivity index (χ0n) is 16.5. The number of carbonyl (C=O) groups is 1. The molecule has 0 N–H and O–H groups in total. The summed E-state index contributed by atoms with van der Waals surface area (Å²) < 4.78 is 33.6. The van der Waals surface area contributed by atoms with Crippen LogP contribution >= 0.6 is 0 Å². The Morgan fingerprint density at radius 2 is 1.57 bits per heavy atom. The minimum absolute atomic E-state index is 0.0769. The van der Waals surface area contributed by atoms with Crippen LogP contribution in [0.4, 0.5) is 0 Å². The molecule has 0 fully saturated rings. The molecule has 6 heteroatoms. The average molecular weight is 420 g/mol. The average Bonchev–Trinajstić information content (AvgIpc) is 3.13. The monoisotopic (exact) mass is 419 g/mol. The van der Waals surface area contributed by atoms with E-state index in [1.165, 1.54) is 3.97 Å². The van der Waals surface area contributed by atoms with Gasteiger partial charge in [-0.05, 0) is 43.3 Å². The van der Waals surface area contributed by atoms with Crippen LogP contribution in [0.25, 0.3) is 10.9 Å². The molecule has 0 unspecified atom stereocenters. The van der Waals surface area contributed by atoms with Crippen molar-refractivity contribution in [1.29, 1.82) is 0 Å². The van der Waals surface area contributed by atoms with Gasteiger partial charge in [0.25, 0.3) is 10.0 Å². The molecule has 1 aromatic heterocycles. The molecule has 30 heavy (non-hydrogen) atoms. The van der Waals surface area contributed by atoms with Gasteiger partial charge in [-0.2, -0.15) is 0 Å². The van der Waals surface area contributed by atoms with Crippen molar-refractivity contribution in [1.82, 2.24) is 3.97 Å². The molecule has 0 saturated heterocycles. The van der Waals surface area contributed by atoms with Gasteiger partial charge in [0.2, 0.25) is 0 Å². The van der Waals surface area contributed by atoms with E-state index < -0.39 is 16.0 Å². The lowest BCUT2D eigenvalue weighted by Gasteiger charge is -2.12. The lowest BCUT2D eigenvalue weighted by atomic mass is 10.2. The Morgan fingerprint density at radius 3 is 2.30 bits per heavy atom. The molecule has 4 aromatic rings. The number of para-hydroxylation sites is 1. The third kappa shape index (κ3) is 3.86. The number of aryl methyl sites for hydroxylation is 1. The number of ether oxygens (including phenoxy) is 1. The highest BCUT2D eigenvalue weighted by molar-refractivity contribution is 7.90. The van der Waals surface area contributed by atoms with E-state index in [1.807, 2.05) is 37.3 Å². The Hall–Kier alpha value is -3.38. The molecule has 152 valence electrons. The lowest BCUT2D eigenvalue weighted by Crippen LogP contribution is -2.17. The molecule has 0 aliphatic heterocycles. The van der Waals surface area contributed by atoms with Crippen LogP contribution in [-0.2, 0) is 21.2 Å². The first kappa shape index (κ1) is 19.9. The van der Waals surface area contributed by atoms with Crippen molar-refractivity contribution in [2.45, 2.75) is 18.2 Å². The fourth-order valence-corrected chi connectivity index (χ4v) is 4.94. The van der Waals surface area contributed by atoms with Gasteiger partial charge < -0.3 is 4.74 Å². The standard InChI is InChI=1S/C24H21NO4S/c1-18-11-13-22(14-12-18)30(27,28)25-21(17-20-9-5-6-10-23(20)25)15-16-29-24(26)19-7-3-2-4-8-19/h2-14,17H,15-16H2,1H3. The Morgan fingerprint density at radius 1 is 0.900 bits per heavy atom. The van der Waals surface area contributed by atoms with Crippen molar-refractivity contribution in [3.8, 4) is 0 Å². The van der Waals surface area contributed by atoms with E-state index >= 15 is 0 Å². The summed E-state index contributed by atoms with van der Waals surface area (Å²) in [5.74, 6) is -0.431. The number of aromatic nitrogens is 1. The van der Waals surface area contributed by atoms with Crippen molar-refractivity contribution < 1.29 is 17.9 Å². The van der Waals surface area contributed by atoms with Gasteiger partial charge in [-0.15, -0.1) is 0 Å². The molecule has 0 amide bonds. The highest BCUT2D eigenvalue weighted by atomic mass is 32.2. The summed E-state index contributed by atoms with van der Waals surface area (Å²) in [6.45, 7) is 1.99. The van der Waals surface area contributed by atoms with Gasteiger partial charge >= 0.3 is 5.97 Å². The van der Waals surface area contributed by atoms with Gasteiger partial charge in [0.15, 0.2) is 0 Å². The van der Waals surface area contributed by atoms with E-state index in [1.54, 1.807) is 54.6 Å². The lowest BCUT2D eigenvalue weighted by molar-refractivity contribution is 0.0508. The molecular formula is C24H21NO4S. The number of esters is 1. The maximum Gasteiger partial charge on any atom is 0.338 e. The first-order chi connectivity index (χ1) is 14.5. The van der Waals surface area contributed by atoms with Crippen LogP contribution < -0.4 is 0 Å². The molecular weight excluding hydrogens is 398 g/mol. The summed E-state index contributed by atoms with van der Waals surface area (Å²) in [4.78, 5) is 12.4. The Labute approximate surface area is 175 Å². The molecule has 0 atom stereocenters. The molecule has 0 spiro atoms. The first-order valence-electron chi connectivity index (χ1n) is 9.60. The number of rotatable bonds is 6. The highest BCUT2D eigenvalue weighted by Gasteiger charge is 2.23. The SMILES string of the molecule is Cc1ccc(S(=O)(=O)n2c(CCOC(=O)c3ccccc3)cc3ccccc32)cc1. The summed E-state index contributed by atoms with van der Waals surface area (Å²) in [6, 6.07) is 24.6. The van der Waals surface area contributed by atoms with E-state index in [0.29, 0.717) is 16.8 Å². The predicted molar refractivity (Wildman–Crippen MR) is 116 cm³/mol. The molecule has 0 bridgehead atoms. The largest absolute Gasteiger partial charge is 0.462 e. The number of fused-ring (bicyclic) bond motifs is 1. The third-order valence-corrected chi connectivity index (χ3v) is 6.68. The van der Waals surface area contributed by atoms with Crippen LogP contribution in [0.5, 0.6) is 0 Å². The Balaban J connectivity index is 1.65. The zero-order valence-corrected chi connectivity index (χ0v) is 17.3. The van der Waals surface area contributed by atoms with Gasteiger partial charge in [0.1, 0.15) is 0 Å². The quantitative estimate of drug-likeness (QED) is 0.429. The van der Waals surface area contributed by atoms with Crippen molar-refractivity contribution in [3.05, 3.63) is 102 Å². The Bertz CT molecular complexity index is 1290. The van der Waals surface area contributed by atoms with E-state index in [-0.39, 0.29) is 17.9 Å². The Kier molecular flexibility index (Phi) is 5.42. The molecule has 0 aliphatic carbocycles. The van der Waals surface area contributed by atoms with Crippen LogP contribution in [0.2, 0.25) is 0 Å². The second kappa shape index (κ2) is 8.16. The second-order valence-electron chi connectivity index (χ2n) is 7.03. The zero-order chi connectivity index (χ0) is 21.1. The summed E-state index contributed by atoms with van der Waals surface area (Å²) in [6.07, 6.45) is 0.276. The van der Waals surface area contributed by atoms with Crippen molar-refractivity contribution >= 4 is 26.9 Å². The summed E-state index contributed by atoms with van der Waals surface area (Å²) >= 11 is 0. The summed E-state index contributed by atoms with van der Waals surface area (Å²) in [7, 11) is -3.80. The maximum atomic E-state index is 13.4. The van der Waals surface area contributed by atoms with Crippen LogP contribution in [-0.4, -0.2) is 25.0 Å². The highest BCUT2D eigenvalue weighted by Crippen LogP contribution is 2.26. The fraction of sp³-hybridized carbons (Fsp3) is 0.125. The number of hydrogen-bond acceptors (Lipinski definition) is 4. The van der Waals surface area contributed by atoms with E-state index in [2.05, 4.69) is 0 Å². The summed E-state index contributed by atoms with van der Waals surface area (Å²) in [5.41, 5.74) is 2.62. The summed E-state index contributed by atoms with van der Waals surface area (Å²) in [5, 5.41) is 0.817. The number of nitrogens with zero attached hydrogens (tertiary/aromatic N) is 1. The molecule has 3 aromatic carbocycles. The number of hydrogen-bond donors (Lipinski definition) is 0. The third-order valence-electron chi connectivity index (χ3n) is 4.90. The van der Waals surface area contributed by atoms with E-state index in [0.717, 1.165) is 10.9 Å². The molecule has 0 saturated carbocycles. The minimum Gasteiger partial charge on any atom is -0.462 e. The normalized spacial score (nSPS) is 11.5. The van der Waals surface area contributed by atoms with Crippen LogP contribution in [0, 0.1) is 6.92 Å². The number of carbonyl (C=O) groups excluding carboxylic acids is 1. The van der Waals surface area contributed by atoms with Crippen molar-refractivity contribution in [3.63, 3.8) is 0 Å². The van der Waals surface area contributed by atoms with Crippen LogP contribution in [0.3, 0.4) is 0 Å². The predicted octanol–water partition coefficient (Wildman–Crippen LogP) is 4.59. The van der Waals surface area contributed by atoms with Gasteiger partial charge in [-0.25, -0.2) is 17.2 Å². The maximum absolute atomic E-state index is 13.4. The molecule has 0 aliphatic rings. The topological polar surface area (TPSA) is 65.4 Å². The number of benzene rings is 3. The van der Waals surface area contributed by atoms with Gasteiger partial charge in [-0.1, -0.05) is 54.1 Å². The van der Waals surface area contributed by atoms with Gasteiger partial charge in [0, 0.05) is 17.5 Å². The molecule has 1 heterocycles. The van der Waals surface area contributed by atoms with Crippen molar-refractivity contribution in [2.75, 3.05) is 6.61 Å². The van der Waals surface area contributed by atoms with Crippen LogP contribution in [0.1, 0.15) is 21.6 Å². The second-order valence-corrected chi connectivity index (χ2v) is 8.82. The van der Waals surface area contributed by atoms with E-state index in [4.69, 9.17) is 4.74 Å². The fourth-order valence-electron chi connectivity index (χ4n) is 3.37. The minimum atomic E-state index is -3.80. The molecule has 5 nitrogen and oxygen atoms in total. The molecule has 0 radical (unpaired) electrons. The van der Waals surface area contributed by atoms with Crippen LogP contribution in [0.15, 0.2) is 89.8 Å².